The van der Waals surface area contributed by atoms with Crippen molar-refractivity contribution in [1.29, 1.82) is 0 Å². The predicted molar refractivity (Wildman–Crippen MR) is 103 cm³/mol. The quantitative estimate of drug-likeness (QED) is 0.322. The number of carbonyl (C=O) groups is 2. The van der Waals surface area contributed by atoms with Crippen LogP contribution in [0.3, 0.4) is 0 Å². The van der Waals surface area contributed by atoms with E-state index in [-0.39, 0.29) is 0 Å². The van der Waals surface area contributed by atoms with Crippen LogP contribution in [0.5, 0.6) is 0 Å². The molecule has 0 radical (unpaired) electrons. The molecule has 36 heavy (non-hydrogen) atoms. The topological polar surface area (TPSA) is 34.1 Å². The first-order chi connectivity index (χ1) is 16.4. The van der Waals surface area contributed by atoms with Crippen molar-refractivity contribution in [3.63, 3.8) is 0 Å². The standard InChI is InChI=1S/C11H7BrF6O.C10H4F6O/c1-4(19)11(17,18)9(14)5-2-3-6(13)7(8(5)12)10(15)16;11-4-2-1-3-5(6(4)9(13)14)8(17)10(15,16)7(3)12/h2-3,9-10H,1H3;1-2,7,9H. The molecule has 1 aliphatic rings. The molecule has 0 aliphatic heterocycles. The van der Waals surface area contributed by atoms with Crippen LogP contribution in [0.4, 0.5) is 52.7 Å². The maximum atomic E-state index is 13.6. The molecule has 0 N–H and O–H groups in total. The summed E-state index contributed by atoms with van der Waals surface area (Å²) in [7, 11) is 0. The number of alkyl halides is 10. The summed E-state index contributed by atoms with van der Waals surface area (Å²) in [6.45, 7) is 0.470. The third-order valence-corrected chi connectivity index (χ3v) is 5.88. The smallest absolute Gasteiger partial charge is 0.293 e. The third kappa shape index (κ3) is 5.11. The Morgan fingerprint density at radius 1 is 0.944 bits per heavy atom. The van der Waals surface area contributed by atoms with Gasteiger partial charge in [-0.2, -0.15) is 17.6 Å². The minimum absolute atomic E-state index is 0.446. The van der Waals surface area contributed by atoms with E-state index in [1.165, 1.54) is 0 Å². The Kier molecular flexibility index (Phi) is 8.58. The summed E-state index contributed by atoms with van der Waals surface area (Å²) in [5, 5.41) is 0. The van der Waals surface area contributed by atoms with Gasteiger partial charge in [-0.1, -0.05) is 12.1 Å². The van der Waals surface area contributed by atoms with Gasteiger partial charge in [-0.05, 0) is 28.1 Å². The van der Waals surface area contributed by atoms with E-state index >= 15 is 0 Å². The van der Waals surface area contributed by atoms with Gasteiger partial charge in [0.2, 0.25) is 11.6 Å². The van der Waals surface area contributed by atoms with Crippen LogP contribution in [0.15, 0.2) is 28.7 Å². The minimum Gasteiger partial charge on any atom is -0.293 e. The Labute approximate surface area is 202 Å². The molecule has 15 heteroatoms. The Morgan fingerprint density at radius 2 is 1.42 bits per heavy atom. The maximum absolute atomic E-state index is 13.6. The van der Waals surface area contributed by atoms with E-state index in [9.17, 15) is 62.3 Å². The van der Waals surface area contributed by atoms with E-state index in [4.69, 9.17) is 0 Å². The second-order valence-corrected chi connectivity index (χ2v) is 8.04. The van der Waals surface area contributed by atoms with Gasteiger partial charge in [0.25, 0.3) is 12.9 Å². The van der Waals surface area contributed by atoms with Gasteiger partial charge in [0, 0.05) is 28.1 Å². The number of hydrogen-bond donors (Lipinski definition) is 0. The highest BCUT2D eigenvalue weighted by molar-refractivity contribution is 9.10. The van der Waals surface area contributed by atoms with Gasteiger partial charge in [-0.15, -0.1) is 0 Å². The largest absolute Gasteiger partial charge is 0.344 e. The fourth-order valence-electron chi connectivity index (χ4n) is 3.12. The molecule has 0 amide bonds. The van der Waals surface area contributed by atoms with Crippen LogP contribution in [0.25, 0.3) is 0 Å². The van der Waals surface area contributed by atoms with Crippen LogP contribution >= 0.6 is 15.9 Å². The minimum atomic E-state index is -4.42. The van der Waals surface area contributed by atoms with Gasteiger partial charge in [-0.25, -0.2) is 35.1 Å². The number of ketones is 2. The normalized spacial score (nSPS) is 17.7. The molecule has 0 aromatic heterocycles. The molecule has 2 atom stereocenters. The van der Waals surface area contributed by atoms with Gasteiger partial charge in [-0.3, -0.25) is 9.59 Å². The number of fused-ring (bicyclic) bond motifs is 1. The molecule has 0 spiro atoms. The molecule has 2 aromatic rings. The van der Waals surface area contributed by atoms with Crippen molar-refractivity contribution in [1.82, 2.24) is 0 Å². The highest BCUT2D eigenvalue weighted by Crippen LogP contribution is 2.48. The number of benzene rings is 2. The van der Waals surface area contributed by atoms with Gasteiger partial charge < -0.3 is 0 Å². The maximum Gasteiger partial charge on any atom is 0.344 e. The van der Waals surface area contributed by atoms with E-state index in [2.05, 4.69) is 15.9 Å². The summed E-state index contributed by atoms with van der Waals surface area (Å²) in [6, 6.07) is 2.07. The number of hydrogen-bond acceptors (Lipinski definition) is 2. The first-order valence-electron chi connectivity index (χ1n) is 9.34. The number of rotatable bonds is 5. The Bertz CT molecular complexity index is 1180. The van der Waals surface area contributed by atoms with Crippen LogP contribution in [-0.2, 0) is 4.79 Å². The first kappa shape index (κ1) is 29.6. The lowest BCUT2D eigenvalue weighted by Crippen LogP contribution is -2.32. The Morgan fingerprint density at radius 3 is 1.89 bits per heavy atom. The van der Waals surface area contributed by atoms with Gasteiger partial charge in [0.1, 0.15) is 11.6 Å². The summed E-state index contributed by atoms with van der Waals surface area (Å²) in [4.78, 5) is 21.8. The lowest BCUT2D eigenvalue weighted by molar-refractivity contribution is -0.151. The molecule has 0 fully saturated rings. The van der Waals surface area contributed by atoms with E-state index in [0.29, 0.717) is 31.2 Å². The van der Waals surface area contributed by atoms with Gasteiger partial charge in [0.05, 0.1) is 11.1 Å². The fourth-order valence-corrected chi connectivity index (χ4v) is 3.82. The Balaban J connectivity index is 0.000000255. The van der Waals surface area contributed by atoms with Crippen molar-refractivity contribution in [2.45, 2.75) is 44.0 Å². The Hall–Kier alpha value is -2.58. The average Bonchev–Trinajstić information content (AvgIpc) is 2.93. The fraction of sp³-hybridized carbons (Fsp3) is 0.333. The monoisotopic (exact) mass is 602 g/mol. The van der Waals surface area contributed by atoms with Crippen LogP contribution in [0, 0.1) is 11.6 Å². The van der Waals surface area contributed by atoms with E-state index in [0.717, 1.165) is 0 Å². The zero-order valence-corrected chi connectivity index (χ0v) is 18.9. The zero-order chi connectivity index (χ0) is 27.9. The van der Waals surface area contributed by atoms with Gasteiger partial charge >= 0.3 is 11.8 Å². The van der Waals surface area contributed by atoms with Gasteiger partial charge in [0.15, 0.2) is 12.3 Å². The summed E-state index contributed by atoms with van der Waals surface area (Å²) in [6.07, 6.45) is -12.9. The highest BCUT2D eigenvalue weighted by Gasteiger charge is 2.58. The molecule has 0 saturated carbocycles. The molecular weight excluding hydrogens is 592 g/mol. The summed E-state index contributed by atoms with van der Waals surface area (Å²) >= 11 is 2.47. The molecule has 0 saturated heterocycles. The molecular formula is C21H11BrF12O2. The van der Waals surface area contributed by atoms with Crippen LogP contribution < -0.4 is 0 Å². The number of halogens is 13. The summed E-state index contributed by atoms with van der Waals surface area (Å²) in [5.74, 6) is -15.5. The second kappa shape index (κ2) is 10.4. The van der Waals surface area contributed by atoms with E-state index < -0.39 is 92.5 Å². The van der Waals surface area contributed by atoms with E-state index in [1.54, 1.807) is 0 Å². The number of Topliss-reactive ketones (excluding diaryl/α,β-unsaturated/α-hetero) is 2. The molecule has 198 valence electrons. The van der Waals surface area contributed by atoms with Crippen LogP contribution in [-0.4, -0.2) is 23.4 Å². The number of carbonyl (C=O) groups excluding carboxylic acids is 2. The van der Waals surface area contributed by atoms with E-state index in [1.807, 2.05) is 0 Å². The molecule has 3 rings (SSSR count). The summed E-state index contributed by atoms with van der Waals surface area (Å²) < 4.78 is 155. The van der Waals surface area contributed by atoms with Crippen molar-refractivity contribution in [2.24, 2.45) is 0 Å². The molecule has 0 bridgehead atoms. The van der Waals surface area contributed by atoms with Crippen LogP contribution in [0.2, 0.25) is 0 Å². The van der Waals surface area contributed by atoms with Crippen molar-refractivity contribution < 1.29 is 62.3 Å². The van der Waals surface area contributed by atoms with Crippen molar-refractivity contribution in [2.75, 3.05) is 0 Å². The molecule has 0 heterocycles. The third-order valence-electron chi connectivity index (χ3n) is 5.00. The zero-order valence-electron chi connectivity index (χ0n) is 17.3. The molecule has 1 aliphatic carbocycles. The lowest BCUT2D eigenvalue weighted by atomic mass is 10.00. The molecule has 2 unspecified atom stereocenters. The molecule has 2 aromatic carbocycles. The first-order valence-corrected chi connectivity index (χ1v) is 10.1. The van der Waals surface area contributed by atoms with Crippen molar-refractivity contribution in [3.8, 4) is 0 Å². The van der Waals surface area contributed by atoms with Crippen LogP contribution in [0.1, 0.15) is 64.7 Å². The van der Waals surface area contributed by atoms with Crippen molar-refractivity contribution in [3.05, 3.63) is 68.2 Å². The van der Waals surface area contributed by atoms with Crippen molar-refractivity contribution >= 4 is 27.5 Å². The second-order valence-electron chi connectivity index (χ2n) is 7.25. The SMILES string of the molecule is CC(=O)C(F)(F)C(F)c1ccc(F)c(C(F)F)c1Br.O=C1c2c(ccc(F)c2C(F)F)C(F)C1(F)F. The average molecular weight is 603 g/mol. The predicted octanol–water partition coefficient (Wildman–Crippen LogP) is 8.37. The lowest BCUT2D eigenvalue weighted by Gasteiger charge is -2.20. The molecule has 2 nitrogen and oxygen atoms in total. The summed E-state index contributed by atoms with van der Waals surface area (Å²) in [5.41, 5.74) is -5.72. The highest BCUT2D eigenvalue weighted by atomic mass is 79.9.